The van der Waals surface area contributed by atoms with Gasteiger partial charge in [-0.3, -0.25) is 0 Å². The lowest BCUT2D eigenvalue weighted by Gasteiger charge is -2.20. The van der Waals surface area contributed by atoms with E-state index in [1.54, 1.807) is 7.11 Å². The Hall–Kier alpha value is -0.980. The summed E-state index contributed by atoms with van der Waals surface area (Å²) in [7, 11) is 1.75. The number of hydrogen-bond donors (Lipinski definition) is 0. The minimum absolute atomic E-state index is 0.546. The molecule has 0 bridgehead atoms. The molecule has 78 valence electrons. The highest BCUT2D eigenvalue weighted by Gasteiger charge is 2.15. The highest BCUT2D eigenvalue weighted by Crippen LogP contribution is 2.33. The van der Waals surface area contributed by atoms with Gasteiger partial charge in [-0.2, -0.15) is 0 Å². The molecule has 1 aromatic carbocycles. The fourth-order valence-corrected chi connectivity index (χ4v) is 1.67. The molecule has 0 unspecified atom stereocenters. The highest BCUT2D eigenvalue weighted by atomic mass is 16.5. The number of hydrogen-bond acceptors (Lipinski definition) is 1. The van der Waals surface area contributed by atoms with Crippen molar-refractivity contribution in [1.82, 2.24) is 0 Å². The van der Waals surface area contributed by atoms with Gasteiger partial charge in [-0.25, -0.2) is 0 Å². The van der Waals surface area contributed by atoms with E-state index < -0.39 is 0 Å². The molecule has 0 amide bonds. The molecule has 1 rings (SSSR count). The Kier molecular flexibility index (Phi) is 3.56. The van der Waals surface area contributed by atoms with E-state index in [1.807, 2.05) is 0 Å². The van der Waals surface area contributed by atoms with Crippen molar-refractivity contribution in [3.63, 3.8) is 0 Å². The predicted octanol–water partition coefficient (Wildman–Crippen LogP) is 3.76. The second-order valence-electron chi connectivity index (χ2n) is 4.23. The first kappa shape index (κ1) is 11.1. The largest absolute Gasteiger partial charge is 0.496 e. The van der Waals surface area contributed by atoms with Gasteiger partial charge in [0.15, 0.2) is 0 Å². The number of aryl methyl sites for hydroxylation is 1. The van der Waals surface area contributed by atoms with E-state index in [2.05, 4.69) is 45.9 Å². The maximum absolute atomic E-state index is 5.45. The van der Waals surface area contributed by atoms with Crippen LogP contribution in [-0.2, 0) is 0 Å². The quantitative estimate of drug-likeness (QED) is 0.708. The second kappa shape index (κ2) is 4.50. The fourth-order valence-electron chi connectivity index (χ4n) is 1.67. The summed E-state index contributed by atoms with van der Waals surface area (Å²) in [5.41, 5.74) is 2.54. The summed E-state index contributed by atoms with van der Waals surface area (Å²) in [6.07, 6.45) is 0. The molecule has 1 heteroatoms. The van der Waals surface area contributed by atoms with Crippen molar-refractivity contribution in [2.24, 2.45) is 5.92 Å². The Morgan fingerprint density at radius 3 is 2.29 bits per heavy atom. The summed E-state index contributed by atoms with van der Waals surface area (Å²) in [5, 5.41) is 0. The van der Waals surface area contributed by atoms with Gasteiger partial charge in [0, 0.05) is 0 Å². The lowest BCUT2D eigenvalue weighted by molar-refractivity contribution is 0.396. The minimum Gasteiger partial charge on any atom is -0.496 e. The van der Waals surface area contributed by atoms with E-state index in [0.717, 1.165) is 5.75 Å². The summed E-state index contributed by atoms with van der Waals surface area (Å²) < 4.78 is 5.45. The molecule has 1 nitrogen and oxygen atoms in total. The van der Waals surface area contributed by atoms with Gasteiger partial charge >= 0.3 is 0 Å². The third-order valence-corrected chi connectivity index (χ3v) is 2.94. The van der Waals surface area contributed by atoms with Gasteiger partial charge in [0.25, 0.3) is 0 Å². The van der Waals surface area contributed by atoms with E-state index in [9.17, 15) is 0 Å². The lowest BCUT2D eigenvalue weighted by atomic mass is 9.89. The van der Waals surface area contributed by atoms with E-state index in [0.29, 0.717) is 11.8 Å². The molecule has 0 saturated carbocycles. The zero-order valence-electron chi connectivity index (χ0n) is 9.79. The summed E-state index contributed by atoms with van der Waals surface area (Å²) in [6, 6.07) is 6.36. The third-order valence-electron chi connectivity index (χ3n) is 2.94. The van der Waals surface area contributed by atoms with Gasteiger partial charge < -0.3 is 4.74 Å². The minimum atomic E-state index is 0.546. The van der Waals surface area contributed by atoms with Crippen LogP contribution in [0.1, 0.15) is 37.8 Å². The van der Waals surface area contributed by atoms with Crippen LogP contribution in [0.5, 0.6) is 5.75 Å². The van der Waals surface area contributed by atoms with Crippen molar-refractivity contribution in [1.29, 1.82) is 0 Å². The molecule has 14 heavy (non-hydrogen) atoms. The van der Waals surface area contributed by atoms with Gasteiger partial charge in [-0.05, 0) is 29.9 Å². The van der Waals surface area contributed by atoms with E-state index in [4.69, 9.17) is 4.74 Å². The van der Waals surface area contributed by atoms with Crippen LogP contribution in [0.2, 0.25) is 0 Å². The first-order chi connectivity index (χ1) is 6.57. The molecular formula is C13H20O. The van der Waals surface area contributed by atoms with E-state index in [1.165, 1.54) is 11.1 Å². The van der Waals surface area contributed by atoms with Crippen molar-refractivity contribution < 1.29 is 4.74 Å². The van der Waals surface area contributed by atoms with Crippen molar-refractivity contribution in [3.8, 4) is 5.75 Å². The molecule has 0 aromatic heterocycles. The van der Waals surface area contributed by atoms with Crippen LogP contribution in [0.15, 0.2) is 18.2 Å². The summed E-state index contributed by atoms with van der Waals surface area (Å²) >= 11 is 0. The number of ether oxygens (including phenoxy) is 1. The molecule has 0 aliphatic rings. The second-order valence-corrected chi connectivity index (χ2v) is 4.23. The maximum atomic E-state index is 5.45. The van der Waals surface area contributed by atoms with Crippen molar-refractivity contribution in [3.05, 3.63) is 29.3 Å². The van der Waals surface area contributed by atoms with Crippen molar-refractivity contribution >= 4 is 0 Å². The standard InChI is InChI=1S/C13H20O/c1-9(2)11(4)12-8-6-7-10(3)13(12)14-5/h6-9,11H,1-5H3/t11-/m0/s1. The van der Waals surface area contributed by atoms with Gasteiger partial charge in [0.1, 0.15) is 5.75 Å². The molecule has 0 radical (unpaired) electrons. The van der Waals surface area contributed by atoms with Crippen molar-refractivity contribution in [2.75, 3.05) is 7.11 Å². The molecule has 0 spiro atoms. The van der Waals surface area contributed by atoms with Crippen LogP contribution >= 0.6 is 0 Å². The zero-order valence-corrected chi connectivity index (χ0v) is 9.79. The van der Waals surface area contributed by atoms with Gasteiger partial charge in [0.05, 0.1) is 7.11 Å². The van der Waals surface area contributed by atoms with Gasteiger partial charge in [-0.15, -0.1) is 0 Å². The van der Waals surface area contributed by atoms with Crippen LogP contribution in [0, 0.1) is 12.8 Å². The van der Waals surface area contributed by atoms with E-state index >= 15 is 0 Å². The Balaban J connectivity index is 3.13. The maximum Gasteiger partial charge on any atom is 0.125 e. The molecule has 0 aliphatic heterocycles. The average molecular weight is 192 g/mol. The molecule has 0 N–H and O–H groups in total. The summed E-state index contributed by atoms with van der Waals surface area (Å²) in [4.78, 5) is 0. The summed E-state index contributed by atoms with van der Waals surface area (Å²) in [6.45, 7) is 8.83. The highest BCUT2D eigenvalue weighted by molar-refractivity contribution is 5.42. The predicted molar refractivity (Wildman–Crippen MR) is 61.0 cm³/mol. The SMILES string of the molecule is COc1c(C)cccc1[C@@H](C)C(C)C. The smallest absolute Gasteiger partial charge is 0.125 e. The van der Waals surface area contributed by atoms with E-state index in [-0.39, 0.29) is 0 Å². The molecule has 0 heterocycles. The van der Waals surface area contributed by atoms with Gasteiger partial charge in [-0.1, -0.05) is 39.0 Å². The van der Waals surface area contributed by atoms with Gasteiger partial charge in [0.2, 0.25) is 0 Å². The molecule has 1 aromatic rings. The zero-order chi connectivity index (χ0) is 10.7. The number of rotatable bonds is 3. The average Bonchev–Trinajstić information content (AvgIpc) is 2.16. The Bertz CT molecular complexity index is 302. The fraction of sp³-hybridized carbons (Fsp3) is 0.538. The van der Waals surface area contributed by atoms with Crippen LogP contribution in [-0.4, -0.2) is 7.11 Å². The molecule has 1 atom stereocenters. The topological polar surface area (TPSA) is 9.23 Å². The molecular weight excluding hydrogens is 172 g/mol. The Morgan fingerprint density at radius 1 is 1.14 bits per heavy atom. The van der Waals surface area contributed by atoms with Crippen LogP contribution in [0.4, 0.5) is 0 Å². The number of para-hydroxylation sites is 1. The number of benzene rings is 1. The lowest BCUT2D eigenvalue weighted by Crippen LogP contribution is -2.05. The molecule has 0 aliphatic carbocycles. The van der Waals surface area contributed by atoms with Crippen molar-refractivity contribution in [2.45, 2.75) is 33.6 Å². The van der Waals surface area contributed by atoms with Crippen LogP contribution in [0.3, 0.4) is 0 Å². The monoisotopic (exact) mass is 192 g/mol. The normalized spacial score (nSPS) is 13.0. The Labute approximate surface area is 87.1 Å². The molecule has 0 saturated heterocycles. The third kappa shape index (κ3) is 2.09. The summed E-state index contributed by atoms with van der Waals surface area (Å²) in [5.74, 6) is 2.24. The van der Waals surface area contributed by atoms with Crippen LogP contribution in [0.25, 0.3) is 0 Å². The van der Waals surface area contributed by atoms with Crippen LogP contribution < -0.4 is 4.74 Å². The Morgan fingerprint density at radius 2 is 1.79 bits per heavy atom. The first-order valence-corrected chi connectivity index (χ1v) is 5.21. The molecule has 0 fully saturated rings. The number of methoxy groups -OCH3 is 1. The first-order valence-electron chi connectivity index (χ1n) is 5.21.